The highest BCUT2D eigenvalue weighted by molar-refractivity contribution is 5.96. The van der Waals surface area contributed by atoms with Crippen molar-refractivity contribution in [3.05, 3.63) is 54.1 Å². The van der Waals surface area contributed by atoms with E-state index in [2.05, 4.69) is 17.6 Å². The second kappa shape index (κ2) is 7.50. The lowest BCUT2D eigenvalue weighted by Crippen LogP contribution is -2.31. The molecule has 0 aliphatic rings. The standard InChI is InChI=1S/C18H22N2O2/c1-4-14-5-7-16(8-6-14)20-18(21)13(2)19-15-9-11-17(22-3)12-10-15/h5-13,19H,4H2,1-3H3,(H,20,21)/t13-/m0/s1. The predicted octanol–water partition coefficient (Wildman–Crippen LogP) is 3.70. The van der Waals surface area contributed by atoms with Gasteiger partial charge in [0.15, 0.2) is 0 Å². The van der Waals surface area contributed by atoms with Crippen LogP contribution in [0.4, 0.5) is 11.4 Å². The third-order valence-electron chi connectivity index (χ3n) is 3.50. The van der Waals surface area contributed by atoms with Gasteiger partial charge in [-0.05, 0) is 55.3 Å². The number of ether oxygens (including phenoxy) is 1. The van der Waals surface area contributed by atoms with Gasteiger partial charge in [-0.2, -0.15) is 0 Å². The van der Waals surface area contributed by atoms with Crippen molar-refractivity contribution in [2.75, 3.05) is 17.7 Å². The maximum absolute atomic E-state index is 12.2. The summed E-state index contributed by atoms with van der Waals surface area (Å²) in [5.74, 6) is 0.721. The third kappa shape index (κ3) is 4.25. The Labute approximate surface area is 131 Å². The number of carbonyl (C=O) groups is 1. The van der Waals surface area contributed by atoms with Gasteiger partial charge in [-0.25, -0.2) is 0 Å². The molecule has 116 valence electrons. The lowest BCUT2D eigenvalue weighted by Gasteiger charge is -2.15. The van der Waals surface area contributed by atoms with Gasteiger partial charge in [-0.15, -0.1) is 0 Å². The van der Waals surface area contributed by atoms with Gasteiger partial charge < -0.3 is 15.4 Å². The Balaban J connectivity index is 1.92. The van der Waals surface area contributed by atoms with E-state index >= 15 is 0 Å². The summed E-state index contributed by atoms with van der Waals surface area (Å²) in [4.78, 5) is 12.2. The predicted molar refractivity (Wildman–Crippen MR) is 90.5 cm³/mol. The first-order valence-corrected chi connectivity index (χ1v) is 7.42. The summed E-state index contributed by atoms with van der Waals surface area (Å²) in [5.41, 5.74) is 2.94. The van der Waals surface area contributed by atoms with Crippen LogP contribution < -0.4 is 15.4 Å². The molecule has 0 fully saturated rings. The molecule has 4 heteroatoms. The number of carbonyl (C=O) groups excluding carboxylic acids is 1. The summed E-state index contributed by atoms with van der Waals surface area (Å²) in [5, 5.41) is 6.08. The Bertz CT molecular complexity index is 606. The summed E-state index contributed by atoms with van der Waals surface area (Å²) in [6, 6.07) is 15.1. The lowest BCUT2D eigenvalue weighted by atomic mass is 10.1. The third-order valence-corrected chi connectivity index (χ3v) is 3.50. The van der Waals surface area contributed by atoms with Crippen LogP contribution in [-0.4, -0.2) is 19.1 Å². The average molecular weight is 298 g/mol. The second-order valence-corrected chi connectivity index (χ2v) is 5.13. The summed E-state index contributed by atoms with van der Waals surface area (Å²) in [6.07, 6.45) is 0.990. The van der Waals surface area contributed by atoms with Crippen LogP contribution in [0.1, 0.15) is 19.4 Å². The molecule has 0 saturated heterocycles. The van der Waals surface area contributed by atoms with Gasteiger partial charge in [-0.3, -0.25) is 4.79 Å². The molecular weight excluding hydrogens is 276 g/mol. The van der Waals surface area contributed by atoms with E-state index < -0.39 is 0 Å². The fourth-order valence-electron chi connectivity index (χ4n) is 2.08. The van der Waals surface area contributed by atoms with Gasteiger partial charge in [0.2, 0.25) is 5.91 Å². The molecule has 0 bridgehead atoms. The molecule has 2 aromatic rings. The summed E-state index contributed by atoms with van der Waals surface area (Å²) >= 11 is 0. The molecule has 0 spiro atoms. The van der Waals surface area contributed by atoms with Gasteiger partial charge in [0.05, 0.1) is 7.11 Å². The van der Waals surface area contributed by atoms with Crippen LogP contribution in [-0.2, 0) is 11.2 Å². The Kier molecular flexibility index (Phi) is 5.42. The molecule has 0 unspecified atom stereocenters. The molecule has 2 N–H and O–H groups in total. The molecular formula is C18H22N2O2. The van der Waals surface area contributed by atoms with E-state index in [1.807, 2.05) is 55.5 Å². The molecule has 4 nitrogen and oxygen atoms in total. The average Bonchev–Trinajstić information content (AvgIpc) is 2.56. The SMILES string of the molecule is CCc1ccc(NC(=O)[C@H](C)Nc2ccc(OC)cc2)cc1. The minimum Gasteiger partial charge on any atom is -0.497 e. The molecule has 22 heavy (non-hydrogen) atoms. The number of rotatable bonds is 6. The second-order valence-electron chi connectivity index (χ2n) is 5.13. The maximum Gasteiger partial charge on any atom is 0.246 e. The Morgan fingerprint density at radius 3 is 2.18 bits per heavy atom. The minimum absolute atomic E-state index is 0.0694. The summed E-state index contributed by atoms with van der Waals surface area (Å²) < 4.78 is 5.11. The van der Waals surface area contributed by atoms with Crippen LogP contribution in [0.5, 0.6) is 5.75 Å². The molecule has 2 aromatic carbocycles. The lowest BCUT2D eigenvalue weighted by molar-refractivity contribution is -0.116. The minimum atomic E-state index is -0.334. The van der Waals surface area contributed by atoms with Crippen molar-refractivity contribution in [1.29, 1.82) is 0 Å². The zero-order valence-electron chi connectivity index (χ0n) is 13.2. The van der Waals surface area contributed by atoms with Gasteiger partial charge in [0.1, 0.15) is 11.8 Å². The van der Waals surface area contributed by atoms with E-state index in [0.29, 0.717) is 0 Å². The monoisotopic (exact) mass is 298 g/mol. The number of amides is 1. The summed E-state index contributed by atoms with van der Waals surface area (Å²) in [7, 11) is 1.63. The maximum atomic E-state index is 12.2. The van der Waals surface area contributed by atoms with Crippen molar-refractivity contribution in [3.63, 3.8) is 0 Å². The molecule has 0 radical (unpaired) electrons. The number of hydrogen-bond donors (Lipinski definition) is 2. The Morgan fingerprint density at radius 1 is 1.05 bits per heavy atom. The van der Waals surface area contributed by atoms with E-state index in [4.69, 9.17) is 4.74 Å². The van der Waals surface area contributed by atoms with Crippen LogP contribution >= 0.6 is 0 Å². The smallest absolute Gasteiger partial charge is 0.246 e. The highest BCUT2D eigenvalue weighted by Crippen LogP contribution is 2.16. The first-order chi connectivity index (χ1) is 10.6. The molecule has 0 saturated carbocycles. The number of nitrogens with one attached hydrogen (secondary N) is 2. The Morgan fingerprint density at radius 2 is 1.64 bits per heavy atom. The quantitative estimate of drug-likeness (QED) is 0.855. The van der Waals surface area contributed by atoms with E-state index in [1.165, 1.54) is 5.56 Å². The van der Waals surface area contributed by atoms with Crippen LogP contribution in [0.3, 0.4) is 0 Å². The van der Waals surface area contributed by atoms with Crippen LogP contribution in [0.15, 0.2) is 48.5 Å². The highest BCUT2D eigenvalue weighted by Gasteiger charge is 2.12. The fraction of sp³-hybridized carbons (Fsp3) is 0.278. The Hall–Kier alpha value is -2.49. The molecule has 2 rings (SSSR count). The van der Waals surface area contributed by atoms with Crippen molar-refractivity contribution in [3.8, 4) is 5.75 Å². The van der Waals surface area contributed by atoms with Gasteiger partial charge in [0, 0.05) is 11.4 Å². The zero-order chi connectivity index (χ0) is 15.9. The number of anilines is 2. The summed E-state index contributed by atoms with van der Waals surface area (Å²) in [6.45, 7) is 3.94. The number of hydrogen-bond acceptors (Lipinski definition) is 3. The first kappa shape index (κ1) is 15.9. The van der Waals surface area contributed by atoms with E-state index in [0.717, 1.165) is 23.5 Å². The molecule has 0 aliphatic carbocycles. The van der Waals surface area contributed by atoms with E-state index in [1.54, 1.807) is 7.11 Å². The number of aryl methyl sites for hydroxylation is 1. The normalized spacial score (nSPS) is 11.6. The molecule has 0 aliphatic heterocycles. The molecule has 1 amide bonds. The van der Waals surface area contributed by atoms with E-state index in [9.17, 15) is 4.79 Å². The first-order valence-electron chi connectivity index (χ1n) is 7.42. The molecule has 0 heterocycles. The molecule has 0 aromatic heterocycles. The van der Waals surface area contributed by atoms with Crippen molar-refractivity contribution < 1.29 is 9.53 Å². The fourth-order valence-corrected chi connectivity index (χ4v) is 2.08. The van der Waals surface area contributed by atoms with E-state index in [-0.39, 0.29) is 11.9 Å². The number of benzene rings is 2. The van der Waals surface area contributed by atoms with Crippen molar-refractivity contribution in [2.24, 2.45) is 0 Å². The van der Waals surface area contributed by atoms with Crippen LogP contribution in [0.25, 0.3) is 0 Å². The highest BCUT2D eigenvalue weighted by atomic mass is 16.5. The van der Waals surface area contributed by atoms with Gasteiger partial charge >= 0.3 is 0 Å². The van der Waals surface area contributed by atoms with Crippen molar-refractivity contribution in [2.45, 2.75) is 26.3 Å². The van der Waals surface area contributed by atoms with Crippen molar-refractivity contribution >= 4 is 17.3 Å². The topological polar surface area (TPSA) is 50.4 Å². The number of methoxy groups -OCH3 is 1. The molecule has 1 atom stereocenters. The van der Waals surface area contributed by atoms with Crippen LogP contribution in [0, 0.1) is 0 Å². The van der Waals surface area contributed by atoms with Crippen LogP contribution in [0.2, 0.25) is 0 Å². The van der Waals surface area contributed by atoms with Crippen molar-refractivity contribution in [1.82, 2.24) is 0 Å². The van der Waals surface area contributed by atoms with Gasteiger partial charge in [-0.1, -0.05) is 19.1 Å². The largest absolute Gasteiger partial charge is 0.497 e. The zero-order valence-corrected chi connectivity index (χ0v) is 13.2. The van der Waals surface area contributed by atoms with Gasteiger partial charge in [0.25, 0.3) is 0 Å².